The molecule has 0 fully saturated rings. The van der Waals surface area contributed by atoms with Gasteiger partial charge >= 0.3 is 0 Å². The van der Waals surface area contributed by atoms with Crippen molar-refractivity contribution in [3.8, 4) is 5.82 Å². The van der Waals surface area contributed by atoms with Crippen LogP contribution in [0.3, 0.4) is 0 Å². The second kappa shape index (κ2) is 5.83. The van der Waals surface area contributed by atoms with E-state index in [4.69, 9.17) is 5.73 Å². The number of amides is 1. The maximum atomic E-state index is 12.3. The van der Waals surface area contributed by atoms with E-state index in [1.54, 1.807) is 41.5 Å². The number of carbonyl (C=O) groups excluding carboxylic acids is 1. The van der Waals surface area contributed by atoms with Crippen LogP contribution in [0, 0.1) is 0 Å². The SMILES string of the molecule is CCC(N)(CC)C(=O)Nc1cccnc1-n1cccn1. The van der Waals surface area contributed by atoms with Crippen LogP contribution in [0.1, 0.15) is 26.7 Å². The summed E-state index contributed by atoms with van der Waals surface area (Å²) in [6.07, 6.45) is 6.24. The number of carbonyl (C=O) groups is 1. The zero-order chi connectivity index (χ0) is 14.6. The van der Waals surface area contributed by atoms with Crippen molar-refractivity contribution < 1.29 is 4.79 Å². The number of aromatic nitrogens is 3. The molecular formula is C14H19N5O. The Hall–Kier alpha value is -2.21. The van der Waals surface area contributed by atoms with E-state index in [1.807, 2.05) is 13.8 Å². The molecule has 20 heavy (non-hydrogen) atoms. The molecule has 0 atom stereocenters. The summed E-state index contributed by atoms with van der Waals surface area (Å²) in [7, 11) is 0. The van der Waals surface area contributed by atoms with Crippen molar-refractivity contribution in [2.24, 2.45) is 5.73 Å². The first-order valence-corrected chi connectivity index (χ1v) is 6.66. The summed E-state index contributed by atoms with van der Waals surface area (Å²) < 4.78 is 1.60. The average Bonchev–Trinajstić information content (AvgIpc) is 3.01. The van der Waals surface area contributed by atoms with Gasteiger partial charge in [-0.05, 0) is 31.0 Å². The quantitative estimate of drug-likeness (QED) is 0.868. The Morgan fingerprint density at radius 3 is 2.70 bits per heavy atom. The monoisotopic (exact) mass is 273 g/mol. The summed E-state index contributed by atoms with van der Waals surface area (Å²) in [5.74, 6) is 0.365. The molecular weight excluding hydrogens is 254 g/mol. The molecule has 0 radical (unpaired) electrons. The highest BCUT2D eigenvalue weighted by Gasteiger charge is 2.30. The van der Waals surface area contributed by atoms with Crippen molar-refractivity contribution in [1.29, 1.82) is 0 Å². The van der Waals surface area contributed by atoms with Gasteiger partial charge in [0.2, 0.25) is 5.91 Å². The van der Waals surface area contributed by atoms with Crippen molar-refractivity contribution >= 4 is 11.6 Å². The normalized spacial score (nSPS) is 11.3. The van der Waals surface area contributed by atoms with E-state index < -0.39 is 5.54 Å². The van der Waals surface area contributed by atoms with Gasteiger partial charge in [0.15, 0.2) is 5.82 Å². The van der Waals surface area contributed by atoms with E-state index in [1.165, 1.54) is 0 Å². The highest BCUT2D eigenvalue weighted by molar-refractivity contribution is 5.99. The third kappa shape index (κ3) is 2.70. The summed E-state index contributed by atoms with van der Waals surface area (Å²) in [6, 6.07) is 5.35. The maximum absolute atomic E-state index is 12.3. The Bertz CT molecular complexity index is 575. The summed E-state index contributed by atoms with van der Waals surface area (Å²) in [5.41, 5.74) is 5.83. The fourth-order valence-corrected chi connectivity index (χ4v) is 1.89. The molecule has 0 aliphatic heterocycles. The fraction of sp³-hybridized carbons (Fsp3) is 0.357. The predicted molar refractivity (Wildman–Crippen MR) is 77.5 cm³/mol. The molecule has 6 nitrogen and oxygen atoms in total. The van der Waals surface area contributed by atoms with Crippen LogP contribution < -0.4 is 11.1 Å². The van der Waals surface area contributed by atoms with Gasteiger partial charge in [-0.25, -0.2) is 9.67 Å². The number of nitrogens with two attached hydrogens (primary N) is 1. The third-order valence-corrected chi connectivity index (χ3v) is 3.47. The molecule has 106 valence electrons. The molecule has 2 rings (SSSR count). The van der Waals surface area contributed by atoms with Crippen LogP contribution in [0.4, 0.5) is 5.69 Å². The standard InChI is InChI=1S/C14H19N5O/c1-3-14(15,4-2)13(20)18-11-7-5-8-16-12(11)19-10-6-9-17-19/h5-10H,3-4,15H2,1-2H3,(H,18,20). The van der Waals surface area contributed by atoms with Crippen LogP contribution in [0.5, 0.6) is 0 Å². The number of rotatable bonds is 5. The number of nitrogens with one attached hydrogen (secondary N) is 1. The lowest BCUT2D eigenvalue weighted by atomic mass is 9.93. The molecule has 0 saturated carbocycles. The van der Waals surface area contributed by atoms with E-state index in [2.05, 4.69) is 15.4 Å². The third-order valence-electron chi connectivity index (χ3n) is 3.47. The minimum absolute atomic E-state index is 0.205. The Labute approximate surface area is 118 Å². The number of anilines is 1. The number of hydrogen-bond donors (Lipinski definition) is 2. The molecule has 0 aliphatic rings. The molecule has 0 bridgehead atoms. The zero-order valence-corrected chi connectivity index (χ0v) is 11.7. The van der Waals surface area contributed by atoms with Gasteiger partial charge in [-0.1, -0.05) is 13.8 Å². The van der Waals surface area contributed by atoms with Crippen molar-refractivity contribution in [3.05, 3.63) is 36.8 Å². The molecule has 2 aromatic heterocycles. The van der Waals surface area contributed by atoms with E-state index >= 15 is 0 Å². The minimum Gasteiger partial charge on any atom is -0.321 e. The van der Waals surface area contributed by atoms with Gasteiger partial charge in [0.05, 0.1) is 11.2 Å². The number of hydrogen-bond acceptors (Lipinski definition) is 4. The second-order valence-electron chi connectivity index (χ2n) is 4.64. The molecule has 2 aromatic rings. The van der Waals surface area contributed by atoms with E-state index in [9.17, 15) is 4.79 Å². The maximum Gasteiger partial charge on any atom is 0.244 e. The van der Waals surface area contributed by atoms with Gasteiger partial charge in [-0.2, -0.15) is 5.10 Å². The first kappa shape index (κ1) is 14.2. The summed E-state index contributed by atoms with van der Waals surface area (Å²) in [4.78, 5) is 16.6. The van der Waals surface area contributed by atoms with E-state index in [0.717, 1.165) is 0 Å². The summed E-state index contributed by atoms with van der Waals surface area (Å²) in [5, 5.41) is 6.98. The van der Waals surface area contributed by atoms with Gasteiger partial charge in [0, 0.05) is 18.6 Å². The van der Waals surface area contributed by atoms with Crippen LogP contribution in [-0.2, 0) is 4.79 Å². The fourth-order valence-electron chi connectivity index (χ4n) is 1.89. The Morgan fingerprint density at radius 1 is 1.35 bits per heavy atom. The average molecular weight is 273 g/mol. The lowest BCUT2D eigenvalue weighted by Gasteiger charge is -2.25. The minimum atomic E-state index is -0.864. The molecule has 1 amide bonds. The van der Waals surface area contributed by atoms with Gasteiger partial charge in [-0.3, -0.25) is 4.79 Å². The van der Waals surface area contributed by atoms with Crippen molar-refractivity contribution in [2.45, 2.75) is 32.2 Å². The Kier molecular flexibility index (Phi) is 4.14. The molecule has 3 N–H and O–H groups in total. The molecule has 0 spiro atoms. The van der Waals surface area contributed by atoms with Crippen LogP contribution in [0.2, 0.25) is 0 Å². The topological polar surface area (TPSA) is 85.8 Å². The summed E-state index contributed by atoms with van der Waals surface area (Å²) in [6.45, 7) is 3.81. The summed E-state index contributed by atoms with van der Waals surface area (Å²) >= 11 is 0. The smallest absolute Gasteiger partial charge is 0.244 e. The van der Waals surface area contributed by atoms with E-state index in [0.29, 0.717) is 24.3 Å². The van der Waals surface area contributed by atoms with Gasteiger partial charge < -0.3 is 11.1 Å². The van der Waals surface area contributed by atoms with Crippen molar-refractivity contribution in [2.75, 3.05) is 5.32 Å². The van der Waals surface area contributed by atoms with Crippen LogP contribution in [0.25, 0.3) is 5.82 Å². The number of nitrogens with zero attached hydrogens (tertiary/aromatic N) is 3. The first-order chi connectivity index (χ1) is 9.60. The molecule has 0 unspecified atom stereocenters. The Balaban J connectivity index is 2.29. The lowest BCUT2D eigenvalue weighted by Crippen LogP contribution is -2.50. The predicted octanol–water partition coefficient (Wildman–Crippen LogP) is 1.72. The van der Waals surface area contributed by atoms with Crippen LogP contribution in [-0.4, -0.2) is 26.2 Å². The Morgan fingerprint density at radius 2 is 2.10 bits per heavy atom. The largest absolute Gasteiger partial charge is 0.321 e. The highest BCUT2D eigenvalue weighted by atomic mass is 16.2. The number of pyridine rings is 1. The van der Waals surface area contributed by atoms with Gasteiger partial charge in [-0.15, -0.1) is 0 Å². The zero-order valence-electron chi connectivity index (χ0n) is 11.7. The molecule has 0 saturated heterocycles. The molecule has 2 heterocycles. The first-order valence-electron chi connectivity index (χ1n) is 6.66. The van der Waals surface area contributed by atoms with Crippen LogP contribution >= 0.6 is 0 Å². The lowest BCUT2D eigenvalue weighted by molar-refractivity contribution is -0.121. The van der Waals surface area contributed by atoms with Gasteiger partial charge in [0.25, 0.3) is 0 Å². The highest BCUT2D eigenvalue weighted by Crippen LogP contribution is 2.19. The second-order valence-corrected chi connectivity index (χ2v) is 4.64. The van der Waals surface area contributed by atoms with Crippen LogP contribution in [0.15, 0.2) is 36.8 Å². The molecule has 6 heteroatoms. The molecule has 0 aromatic carbocycles. The molecule has 0 aliphatic carbocycles. The van der Waals surface area contributed by atoms with E-state index in [-0.39, 0.29) is 5.91 Å². The van der Waals surface area contributed by atoms with Crippen molar-refractivity contribution in [1.82, 2.24) is 14.8 Å². The van der Waals surface area contributed by atoms with Crippen molar-refractivity contribution in [3.63, 3.8) is 0 Å². The van der Waals surface area contributed by atoms with Gasteiger partial charge in [0.1, 0.15) is 0 Å².